The van der Waals surface area contributed by atoms with Crippen LogP contribution in [0.1, 0.15) is 36.8 Å². The highest BCUT2D eigenvalue weighted by molar-refractivity contribution is 5.96. The molecule has 0 aliphatic carbocycles. The Morgan fingerprint density at radius 3 is 2.30 bits per heavy atom. The molecule has 0 amide bonds. The summed E-state index contributed by atoms with van der Waals surface area (Å²) in [6.45, 7) is 4.55. The van der Waals surface area contributed by atoms with Gasteiger partial charge < -0.3 is 9.30 Å². The number of benzene rings is 2. The predicted octanol–water partition coefficient (Wildman–Crippen LogP) is 3.43. The van der Waals surface area contributed by atoms with Gasteiger partial charge in [0.2, 0.25) is 0 Å². The molecule has 0 saturated heterocycles. The minimum atomic E-state index is -0.497. The maximum Gasteiger partial charge on any atom is 0.331 e. The van der Waals surface area contributed by atoms with Crippen molar-refractivity contribution < 1.29 is 4.74 Å². The molecular weight excluding hydrogens is 416 g/mol. The lowest BCUT2D eigenvalue weighted by Gasteiger charge is -2.39. The summed E-state index contributed by atoms with van der Waals surface area (Å²) in [5.41, 5.74) is 3.25. The number of nitrogens with zero attached hydrogens (tertiary/aromatic N) is 4. The maximum atomic E-state index is 13.5. The molecule has 0 radical (unpaired) electrons. The smallest absolute Gasteiger partial charge is 0.331 e. The molecule has 1 atom stereocenters. The highest BCUT2D eigenvalue weighted by Crippen LogP contribution is 2.45. The van der Waals surface area contributed by atoms with E-state index < -0.39 is 11.6 Å². The molecule has 0 saturated carbocycles. The van der Waals surface area contributed by atoms with Crippen LogP contribution in [0.5, 0.6) is 0 Å². The van der Waals surface area contributed by atoms with Crippen molar-refractivity contribution in [3.63, 3.8) is 0 Å². The fraction of sp³-hybridized carbons (Fsp3) is 0.269. The summed E-state index contributed by atoms with van der Waals surface area (Å²) in [4.78, 5) is 26.5. The van der Waals surface area contributed by atoms with Gasteiger partial charge in [0.1, 0.15) is 6.10 Å². The van der Waals surface area contributed by atoms with E-state index in [9.17, 15) is 14.9 Å². The second-order valence-corrected chi connectivity index (χ2v) is 9.10. The molecule has 0 fully saturated rings. The van der Waals surface area contributed by atoms with E-state index in [4.69, 9.17) is 4.74 Å². The van der Waals surface area contributed by atoms with Crippen LogP contribution < -0.4 is 11.2 Å². The third-order valence-corrected chi connectivity index (χ3v) is 6.46. The van der Waals surface area contributed by atoms with Gasteiger partial charge in [0, 0.05) is 14.1 Å². The zero-order valence-corrected chi connectivity index (χ0v) is 19.0. The monoisotopic (exact) mass is 440 g/mol. The molecule has 3 heterocycles. The van der Waals surface area contributed by atoms with Crippen molar-refractivity contribution in [2.75, 3.05) is 6.61 Å². The van der Waals surface area contributed by atoms with Crippen molar-refractivity contribution in [3.05, 3.63) is 92.3 Å². The van der Waals surface area contributed by atoms with Gasteiger partial charge >= 0.3 is 5.69 Å². The van der Waals surface area contributed by atoms with Gasteiger partial charge in [-0.25, -0.2) is 4.79 Å². The molecule has 0 bridgehead atoms. The van der Waals surface area contributed by atoms with E-state index in [2.05, 4.69) is 24.5 Å². The lowest BCUT2D eigenvalue weighted by molar-refractivity contribution is -0.00707. The minimum absolute atomic E-state index is 0.330. The van der Waals surface area contributed by atoms with E-state index >= 15 is 0 Å². The van der Waals surface area contributed by atoms with Gasteiger partial charge in [0.15, 0.2) is 0 Å². The summed E-state index contributed by atoms with van der Waals surface area (Å²) in [5, 5.41) is 9.70. The first-order valence-electron chi connectivity index (χ1n) is 10.8. The zero-order chi connectivity index (χ0) is 23.5. The van der Waals surface area contributed by atoms with Crippen LogP contribution in [0.15, 0.2) is 64.2 Å². The van der Waals surface area contributed by atoms with E-state index in [1.165, 1.54) is 11.6 Å². The van der Waals surface area contributed by atoms with E-state index in [1.54, 1.807) is 19.2 Å². The average Bonchev–Trinajstić information content (AvgIpc) is 3.20. The Balaban J connectivity index is 1.98. The van der Waals surface area contributed by atoms with Gasteiger partial charge in [-0.05, 0) is 37.1 Å². The second kappa shape index (κ2) is 7.32. The van der Waals surface area contributed by atoms with Crippen molar-refractivity contribution >= 4 is 10.9 Å². The molecule has 0 unspecified atom stereocenters. The van der Waals surface area contributed by atoms with E-state index in [1.807, 2.05) is 42.5 Å². The third-order valence-electron chi connectivity index (χ3n) is 6.46. The number of rotatable bonds is 2. The lowest BCUT2D eigenvalue weighted by Crippen LogP contribution is -2.40. The largest absolute Gasteiger partial charge is 0.365 e. The van der Waals surface area contributed by atoms with Crippen molar-refractivity contribution in [1.82, 2.24) is 13.7 Å². The molecule has 7 nitrogen and oxygen atoms in total. The van der Waals surface area contributed by atoms with Crippen molar-refractivity contribution in [2.24, 2.45) is 14.1 Å². The van der Waals surface area contributed by atoms with Gasteiger partial charge in [-0.1, -0.05) is 42.5 Å². The van der Waals surface area contributed by atoms with E-state index in [0.717, 1.165) is 27.1 Å². The first kappa shape index (κ1) is 21.0. The SMILES string of the molecule is Cn1c(=O)c2c(-c3ccccc3)n3c(c2n(C)c1=O)[C@@H](c1ccc(C#N)cc1)OCC3(C)C. The molecule has 2 aromatic carbocycles. The molecule has 4 aromatic rings. The van der Waals surface area contributed by atoms with Gasteiger partial charge in [-0.2, -0.15) is 5.26 Å². The van der Waals surface area contributed by atoms with E-state index in [-0.39, 0.29) is 11.2 Å². The molecule has 2 aromatic heterocycles. The summed E-state index contributed by atoms with van der Waals surface area (Å²) in [7, 11) is 3.20. The van der Waals surface area contributed by atoms with Crippen LogP contribution in [-0.4, -0.2) is 20.3 Å². The first-order valence-corrected chi connectivity index (χ1v) is 10.8. The zero-order valence-electron chi connectivity index (χ0n) is 19.0. The molecule has 0 spiro atoms. The fourth-order valence-corrected chi connectivity index (χ4v) is 4.85. The molecule has 1 aliphatic heterocycles. The summed E-state index contributed by atoms with van der Waals surface area (Å²) < 4.78 is 11.2. The summed E-state index contributed by atoms with van der Waals surface area (Å²) in [6.07, 6.45) is -0.497. The molecule has 7 heteroatoms. The first-order chi connectivity index (χ1) is 15.8. The Labute approximate surface area is 190 Å². The fourth-order valence-electron chi connectivity index (χ4n) is 4.85. The van der Waals surface area contributed by atoms with Crippen LogP contribution in [0.4, 0.5) is 0 Å². The van der Waals surface area contributed by atoms with Crippen molar-refractivity contribution in [1.29, 1.82) is 5.26 Å². The normalized spacial score (nSPS) is 17.0. The Kier molecular flexibility index (Phi) is 4.66. The topological polar surface area (TPSA) is 82.0 Å². The summed E-state index contributed by atoms with van der Waals surface area (Å²) >= 11 is 0. The minimum Gasteiger partial charge on any atom is -0.365 e. The van der Waals surface area contributed by atoms with Crippen LogP contribution in [0, 0.1) is 11.3 Å². The number of ether oxygens (including phenoxy) is 1. The number of hydrogen-bond acceptors (Lipinski definition) is 4. The van der Waals surface area contributed by atoms with Crippen molar-refractivity contribution in [3.8, 4) is 17.3 Å². The van der Waals surface area contributed by atoms with Gasteiger partial charge in [0.05, 0.1) is 46.1 Å². The lowest BCUT2D eigenvalue weighted by atomic mass is 9.97. The van der Waals surface area contributed by atoms with Gasteiger partial charge in [0.25, 0.3) is 5.56 Å². The van der Waals surface area contributed by atoms with Crippen LogP contribution >= 0.6 is 0 Å². The van der Waals surface area contributed by atoms with Crippen LogP contribution in [0.3, 0.4) is 0 Å². The van der Waals surface area contributed by atoms with E-state index in [0.29, 0.717) is 23.1 Å². The van der Waals surface area contributed by atoms with Gasteiger partial charge in [-0.3, -0.25) is 13.9 Å². The van der Waals surface area contributed by atoms with Crippen LogP contribution in [0.2, 0.25) is 0 Å². The second-order valence-electron chi connectivity index (χ2n) is 9.10. The van der Waals surface area contributed by atoms with Gasteiger partial charge in [-0.15, -0.1) is 0 Å². The highest BCUT2D eigenvalue weighted by atomic mass is 16.5. The third kappa shape index (κ3) is 2.99. The highest BCUT2D eigenvalue weighted by Gasteiger charge is 2.40. The molecule has 33 heavy (non-hydrogen) atoms. The molecule has 166 valence electrons. The average molecular weight is 441 g/mol. The number of aryl methyl sites for hydroxylation is 1. The Bertz CT molecular complexity index is 1550. The Hall–Kier alpha value is -3.89. The standard InChI is InChI=1S/C26H24N4O3/c1-26(2)15-33-23(18-12-10-16(14-27)11-13-18)22-21-19(24(31)29(4)25(32)28(21)3)20(30(22)26)17-8-6-5-7-9-17/h5-13,23H,15H2,1-4H3/t23-/m1/s1. The Morgan fingerprint density at radius 2 is 1.67 bits per heavy atom. The van der Waals surface area contributed by atoms with Crippen LogP contribution in [0.25, 0.3) is 22.2 Å². The summed E-state index contributed by atoms with van der Waals surface area (Å²) in [5.74, 6) is 0. The molecular formula is C26H24N4O3. The van der Waals surface area contributed by atoms with Crippen molar-refractivity contribution in [2.45, 2.75) is 25.5 Å². The summed E-state index contributed by atoms with van der Waals surface area (Å²) in [6, 6.07) is 19.2. The number of fused-ring (bicyclic) bond motifs is 3. The number of aromatic nitrogens is 3. The Morgan fingerprint density at radius 1 is 1.00 bits per heavy atom. The molecule has 0 N–H and O–H groups in total. The number of nitriles is 1. The van der Waals surface area contributed by atoms with Crippen LogP contribution in [-0.2, 0) is 24.4 Å². The molecule has 1 aliphatic rings. The number of hydrogen-bond donors (Lipinski definition) is 0. The predicted molar refractivity (Wildman–Crippen MR) is 126 cm³/mol. The molecule has 5 rings (SSSR count). The quantitative estimate of drug-likeness (QED) is 0.478. The maximum absolute atomic E-state index is 13.5.